The molecule has 1 aliphatic heterocycles. The van der Waals surface area contributed by atoms with E-state index in [1.165, 1.54) is 31.6 Å². The second kappa shape index (κ2) is 10.1. The molecule has 2 fully saturated rings. The van der Waals surface area contributed by atoms with Gasteiger partial charge in [-0.05, 0) is 30.5 Å². The van der Waals surface area contributed by atoms with E-state index in [2.05, 4.69) is 14.8 Å². The van der Waals surface area contributed by atoms with Gasteiger partial charge in [0.25, 0.3) is 5.91 Å². The second-order valence-corrected chi connectivity index (χ2v) is 9.04. The molecule has 8 heteroatoms. The van der Waals surface area contributed by atoms with E-state index in [4.69, 9.17) is 16.0 Å². The van der Waals surface area contributed by atoms with Gasteiger partial charge in [0.15, 0.2) is 5.69 Å². The number of halogens is 2. The van der Waals surface area contributed by atoms with Crippen molar-refractivity contribution in [2.24, 2.45) is 0 Å². The number of hydrogen-bond donors (Lipinski definition) is 0. The number of amides is 1. The molecule has 1 aliphatic carbocycles. The Hall–Kier alpha value is -1.96. The smallest absolute Gasteiger partial charge is 0.275 e. The zero-order valence-corrected chi connectivity index (χ0v) is 18.8. The SMILES string of the molecule is CN(C(=O)c1coc(CN2CCN(Cc3ccc(F)c(Cl)c3)CC2)n1)C1CCCCC1. The van der Waals surface area contributed by atoms with E-state index >= 15 is 0 Å². The van der Waals surface area contributed by atoms with Crippen LogP contribution in [0.5, 0.6) is 0 Å². The van der Waals surface area contributed by atoms with Crippen molar-refractivity contribution in [3.8, 4) is 0 Å². The minimum atomic E-state index is -0.385. The van der Waals surface area contributed by atoms with Crippen molar-refractivity contribution in [3.63, 3.8) is 0 Å². The van der Waals surface area contributed by atoms with Crippen LogP contribution in [0.4, 0.5) is 4.39 Å². The van der Waals surface area contributed by atoms with Gasteiger partial charge in [0.2, 0.25) is 5.89 Å². The molecule has 1 aromatic carbocycles. The number of benzene rings is 1. The first-order chi connectivity index (χ1) is 15.0. The molecule has 2 heterocycles. The van der Waals surface area contributed by atoms with Crippen molar-refractivity contribution in [1.82, 2.24) is 19.7 Å². The molecule has 2 aromatic rings. The molecule has 0 atom stereocenters. The third-order valence-electron chi connectivity index (χ3n) is 6.43. The topological polar surface area (TPSA) is 52.8 Å². The molecule has 168 valence electrons. The van der Waals surface area contributed by atoms with E-state index in [-0.39, 0.29) is 16.7 Å². The largest absolute Gasteiger partial charge is 0.447 e. The molecule has 2 aliphatic rings. The zero-order chi connectivity index (χ0) is 21.8. The van der Waals surface area contributed by atoms with Gasteiger partial charge in [0.05, 0.1) is 11.6 Å². The molecular weight excluding hydrogens is 419 g/mol. The summed E-state index contributed by atoms with van der Waals surface area (Å²) in [5.41, 5.74) is 1.41. The monoisotopic (exact) mass is 448 g/mol. The first-order valence-electron chi connectivity index (χ1n) is 11.1. The Kier molecular flexibility index (Phi) is 7.25. The Morgan fingerprint density at radius 1 is 1.16 bits per heavy atom. The van der Waals surface area contributed by atoms with Gasteiger partial charge in [0.1, 0.15) is 12.1 Å². The summed E-state index contributed by atoms with van der Waals surface area (Å²) in [6, 6.07) is 5.20. The average molecular weight is 449 g/mol. The molecule has 0 unspecified atom stereocenters. The highest BCUT2D eigenvalue weighted by Gasteiger charge is 2.26. The summed E-state index contributed by atoms with van der Waals surface area (Å²) in [6.07, 6.45) is 7.27. The van der Waals surface area contributed by atoms with Crippen molar-refractivity contribution < 1.29 is 13.6 Å². The minimum absolute atomic E-state index is 0.0512. The molecule has 1 amide bonds. The quantitative estimate of drug-likeness (QED) is 0.663. The van der Waals surface area contributed by atoms with Crippen molar-refractivity contribution >= 4 is 17.5 Å². The van der Waals surface area contributed by atoms with Crippen LogP contribution < -0.4 is 0 Å². The molecule has 0 spiro atoms. The maximum Gasteiger partial charge on any atom is 0.275 e. The summed E-state index contributed by atoms with van der Waals surface area (Å²) in [5.74, 6) is 0.146. The van der Waals surface area contributed by atoms with Gasteiger partial charge in [0, 0.05) is 45.8 Å². The predicted octanol–water partition coefficient (Wildman–Crippen LogP) is 4.19. The van der Waals surface area contributed by atoms with E-state index in [0.717, 1.165) is 51.1 Å². The fourth-order valence-corrected chi connectivity index (χ4v) is 4.69. The summed E-state index contributed by atoms with van der Waals surface area (Å²) >= 11 is 5.89. The standard InChI is InChI=1S/C23H30ClFN4O2/c1-27(18-5-3-2-4-6-18)23(30)21-16-31-22(26-21)15-29-11-9-28(10-12-29)14-17-7-8-20(25)19(24)13-17/h7-8,13,16,18H,2-6,9-12,14-15H2,1H3. The summed E-state index contributed by atoms with van der Waals surface area (Å²) in [5, 5.41) is 0.166. The number of hydrogen-bond acceptors (Lipinski definition) is 5. The molecule has 1 saturated carbocycles. The fourth-order valence-electron chi connectivity index (χ4n) is 4.49. The molecule has 4 rings (SSSR count). The van der Waals surface area contributed by atoms with Crippen LogP contribution in [0.1, 0.15) is 54.0 Å². The van der Waals surface area contributed by atoms with E-state index < -0.39 is 0 Å². The molecule has 1 saturated heterocycles. The third kappa shape index (κ3) is 5.64. The van der Waals surface area contributed by atoms with Gasteiger partial charge in [-0.15, -0.1) is 0 Å². The van der Waals surface area contributed by atoms with Crippen LogP contribution in [0.15, 0.2) is 28.9 Å². The maximum absolute atomic E-state index is 13.3. The van der Waals surface area contributed by atoms with Crippen molar-refractivity contribution in [2.45, 2.75) is 51.2 Å². The van der Waals surface area contributed by atoms with Gasteiger partial charge >= 0.3 is 0 Å². The third-order valence-corrected chi connectivity index (χ3v) is 6.72. The fraction of sp³-hybridized carbons (Fsp3) is 0.565. The first-order valence-corrected chi connectivity index (χ1v) is 11.5. The number of piperazine rings is 1. The van der Waals surface area contributed by atoms with Crippen LogP contribution in [0.3, 0.4) is 0 Å². The lowest BCUT2D eigenvalue weighted by molar-refractivity contribution is 0.0690. The number of oxazole rings is 1. The van der Waals surface area contributed by atoms with Gasteiger partial charge in [-0.25, -0.2) is 9.37 Å². The van der Waals surface area contributed by atoms with Crippen molar-refractivity contribution in [2.75, 3.05) is 33.2 Å². The average Bonchev–Trinajstić information content (AvgIpc) is 3.26. The van der Waals surface area contributed by atoms with Crippen molar-refractivity contribution in [1.29, 1.82) is 0 Å². The lowest BCUT2D eigenvalue weighted by Gasteiger charge is -2.34. The number of carbonyl (C=O) groups excluding carboxylic acids is 1. The summed E-state index contributed by atoms with van der Waals surface area (Å²) in [6.45, 7) is 4.89. The van der Waals surface area contributed by atoms with Gasteiger partial charge < -0.3 is 9.32 Å². The molecule has 0 bridgehead atoms. The predicted molar refractivity (Wildman–Crippen MR) is 117 cm³/mol. The molecular formula is C23H30ClFN4O2. The summed E-state index contributed by atoms with van der Waals surface area (Å²) in [4.78, 5) is 23.7. The van der Waals surface area contributed by atoms with E-state index in [0.29, 0.717) is 24.2 Å². The lowest BCUT2D eigenvalue weighted by Crippen LogP contribution is -2.45. The molecule has 0 radical (unpaired) electrons. The summed E-state index contributed by atoms with van der Waals surface area (Å²) < 4.78 is 18.9. The van der Waals surface area contributed by atoms with Crippen LogP contribution in [-0.4, -0.2) is 64.9 Å². The van der Waals surface area contributed by atoms with Crippen LogP contribution in [0.25, 0.3) is 0 Å². The summed E-state index contributed by atoms with van der Waals surface area (Å²) in [7, 11) is 1.88. The molecule has 31 heavy (non-hydrogen) atoms. The Bertz CT molecular complexity index is 891. The van der Waals surface area contributed by atoms with Gasteiger partial charge in [-0.1, -0.05) is 36.9 Å². The van der Waals surface area contributed by atoms with E-state index in [1.807, 2.05) is 11.9 Å². The van der Waals surface area contributed by atoms with Crippen LogP contribution in [0.2, 0.25) is 5.02 Å². The van der Waals surface area contributed by atoms with Crippen LogP contribution in [0, 0.1) is 5.82 Å². The molecule has 1 aromatic heterocycles. The van der Waals surface area contributed by atoms with Gasteiger partial charge in [-0.3, -0.25) is 14.6 Å². The van der Waals surface area contributed by atoms with E-state index in [9.17, 15) is 9.18 Å². The molecule has 0 N–H and O–H groups in total. The van der Waals surface area contributed by atoms with E-state index in [1.54, 1.807) is 12.1 Å². The van der Waals surface area contributed by atoms with Crippen LogP contribution >= 0.6 is 11.6 Å². The number of nitrogens with zero attached hydrogens (tertiary/aromatic N) is 4. The Balaban J connectivity index is 1.25. The normalized spacial score (nSPS) is 18.9. The van der Waals surface area contributed by atoms with Crippen LogP contribution in [-0.2, 0) is 13.1 Å². The Morgan fingerprint density at radius 2 is 1.84 bits per heavy atom. The second-order valence-electron chi connectivity index (χ2n) is 8.64. The zero-order valence-electron chi connectivity index (χ0n) is 18.0. The first kappa shape index (κ1) is 22.2. The highest BCUT2D eigenvalue weighted by atomic mass is 35.5. The minimum Gasteiger partial charge on any atom is -0.447 e. The Morgan fingerprint density at radius 3 is 2.52 bits per heavy atom. The molecule has 6 nitrogen and oxygen atoms in total. The lowest BCUT2D eigenvalue weighted by atomic mass is 9.94. The number of aromatic nitrogens is 1. The number of carbonyl (C=O) groups is 1. The number of rotatable bonds is 6. The maximum atomic E-state index is 13.3. The van der Waals surface area contributed by atoms with Gasteiger partial charge in [-0.2, -0.15) is 0 Å². The Labute approximate surface area is 188 Å². The highest BCUT2D eigenvalue weighted by molar-refractivity contribution is 6.30. The highest BCUT2D eigenvalue weighted by Crippen LogP contribution is 2.23. The van der Waals surface area contributed by atoms with Crippen molar-refractivity contribution in [3.05, 3.63) is 52.5 Å².